The number of H-pyrrole nitrogens is 1. The number of nitrogens with zero attached hydrogens (tertiary/aromatic N) is 2. The third-order valence-electron chi connectivity index (χ3n) is 4.50. The van der Waals surface area contributed by atoms with Crippen molar-refractivity contribution in [2.45, 2.75) is 38.5 Å². The van der Waals surface area contributed by atoms with Crippen LogP contribution in [0.1, 0.15) is 27.9 Å². The van der Waals surface area contributed by atoms with Crippen molar-refractivity contribution < 1.29 is 8.42 Å². The lowest BCUT2D eigenvalue weighted by atomic mass is 10.0. The molecular weight excluding hydrogens is 326 g/mol. The number of aryl methyl sites for hydroxylation is 2. The Morgan fingerprint density at radius 2 is 1.92 bits per heavy atom. The summed E-state index contributed by atoms with van der Waals surface area (Å²) in [5.41, 5.74) is 4.56. The van der Waals surface area contributed by atoms with Gasteiger partial charge in [-0.15, -0.1) is 0 Å². The zero-order valence-corrected chi connectivity index (χ0v) is 14.9. The minimum Gasteiger partial charge on any atom is -0.297 e. The highest BCUT2D eigenvalue weighted by atomic mass is 32.2. The first kappa shape index (κ1) is 16.9. The number of aromatic amines is 1. The Balaban J connectivity index is 1.89. The first-order chi connectivity index (χ1) is 11.3. The SMILES string of the molecule is Cc1cccc(C)c1CN1CCc2nc(S(C)(=O)=O)[nH]c(=O)c2C1. The molecule has 0 amide bonds. The highest BCUT2D eigenvalue weighted by Gasteiger charge is 2.24. The number of fused-ring (bicyclic) bond motifs is 1. The third-order valence-corrected chi connectivity index (χ3v) is 5.40. The van der Waals surface area contributed by atoms with E-state index in [4.69, 9.17) is 0 Å². The lowest BCUT2D eigenvalue weighted by Crippen LogP contribution is -2.36. The molecule has 0 bridgehead atoms. The molecule has 3 rings (SSSR count). The predicted octanol–water partition coefficient (Wildman–Crippen LogP) is 1.35. The Labute approximate surface area is 141 Å². The highest BCUT2D eigenvalue weighted by molar-refractivity contribution is 7.90. The van der Waals surface area contributed by atoms with Gasteiger partial charge >= 0.3 is 0 Å². The Morgan fingerprint density at radius 1 is 1.25 bits per heavy atom. The molecule has 1 aliphatic rings. The number of sulfone groups is 1. The number of nitrogens with one attached hydrogen (secondary N) is 1. The molecule has 1 aliphatic heterocycles. The van der Waals surface area contributed by atoms with Crippen LogP contribution in [0.15, 0.2) is 28.2 Å². The molecule has 24 heavy (non-hydrogen) atoms. The van der Waals surface area contributed by atoms with Gasteiger partial charge < -0.3 is 0 Å². The van der Waals surface area contributed by atoms with Crippen LogP contribution in [0.25, 0.3) is 0 Å². The van der Waals surface area contributed by atoms with E-state index in [-0.39, 0.29) is 10.7 Å². The summed E-state index contributed by atoms with van der Waals surface area (Å²) in [5.74, 6) is 0. The van der Waals surface area contributed by atoms with Crippen LogP contribution < -0.4 is 5.56 Å². The van der Waals surface area contributed by atoms with Crippen molar-refractivity contribution in [3.05, 3.63) is 56.5 Å². The number of aromatic nitrogens is 2. The van der Waals surface area contributed by atoms with Crippen LogP contribution in [0, 0.1) is 13.8 Å². The summed E-state index contributed by atoms with van der Waals surface area (Å²) < 4.78 is 23.2. The van der Waals surface area contributed by atoms with Crippen LogP contribution in [-0.4, -0.2) is 36.1 Å². The minimum absolute atomic E-state index is 0.241. The fourth-order valence-corrected chi connectivity index (χ4v) is 3.64. The summed E-state index contributed by atoms with van der Waals surface area (Å²) in [7, 11) is -3.51. The predicted molar refractivity (Wildman–Crippen MR) is 91.7 cm³/mol. The van der Waals surface area contributed by atoms with E-state index in [2.05, 4.69) is 40.8 Å². The van der Waals surface area contributed by atoms with Gasteiger partial charge in [0.2, 0.25) is 15.0 Å². The molecule has 1 aromatic heterocycles. The van der Waals surface area contributed by atoms with E-state index in [1.165, 1.54) is 16.7 Å². The average molecular weight is 347 g/mol. The van der Waals surface area contributed by atoms with Gasteiger partial charge in [-0.3, -0.25) is 14.7 Å². The van der Waals surface area contributed by atoms with Crippen molar-refractivity contribution in [2.24, 2.45) is 0 Å². The van der Waals surface area contributed by atoms with Gasteiger partial charge in [0.15, 0.2) is 0 Å². The van der Waals surface area contributed by atoms with E-state index in [0.29, 0.717) is 24.2 Å². The van der Waals surface area contributed by atoms with E-state index in [9.17, 15) is 13.2 Å². The molecule has 2 aromatic rings. The zero-order valence-electron chi connectivity index (χ0n) is 14.1. The van der Waals surface area contributed by atoms with Crippen molar-refractivity contribution in [1.82, 2.24) is 14.9 Å². The lowest BCUT2D eigenvalue weighted by molar-refractivity contribution is 0.240. The molecule has 7 heteroatoms. The van der Waals surface area contributed by atoms with Crippen molar-refractivity contribution in [3.63, 3.8) is 0 Å². The van der Waals surface area contributed by atoms with Gasteiger partial charge in [-0.25, -0.2) is 13.4 Å². The summed E-state index contributed by atoms with van der Waals surface area (Å²) >= 11 is 0. The monoisotopic (exact) mass is 347 g/mol. The Morgan fingerprint density at radius 3 is 2.54 bits per heavy atom. The van der Waals surface area contributed by atoms with E-state index in [1.807, 2.05) is 6.07 Å². The van der Waals surface area contributed by atoms with E-state index < -0.39 is 9.84 Å². The Bertz CT molecular complexity index is 928. The highest BCUT2D eigenvalue weighted by Crippen LogP contribution is 2.20. The third kappa shape index (κ3) is 3.27. The maximum Gasteiger partial charge on any atom is 0.256 e. The summed E-state index contributed by atoms with van der Waals surface area (Å²) in [4.78, 5) is 21.0. The number of rotatable bonds is 3. The zero-order chi connectivity index (χ0) is 17.5. The summed E-state index contributed by atoms with van der Waals surface area (Å²) in [6, 6.07) is 6.22. The van der Waals surface area contributed by atoms with Gasteiger partial charge in [0.1, 0.15) is 0 Å². The average Bonchev–Trinajstić information content (AvgIpc) is 2.50. The van der Waals surface area contributed by atoms with E-state index in [1.54, 1.807) is 0 Å². The second-order valence-electron chi connectivity index (χ2n) is 6.40. The van der Waals surface area contributed by atoms with Crippen molar-refractivity contribution in [3.8, 4) is 0 Å². The molecule has 0 radical (unpaired) electrons. The molecule has 0 aliphatic carbocycles. The maximum absolute atomic E-state index is 12.3. The van der Waals surface area contributed by atoms with E-state index >= 15 is 0 Å². The van der Waals surface area contributed by atoms with Crippen molar-refractivity contribution >= 4 is 9.84 Å². The minimum atomic E-state index is -3.51. The molecule has 0 spiro atoms. The topological polar surface area (TPSA) is 83.1 Å². The smallest absolute Gasteiger partial charge is 0.256 e. The molecule has 1 N–H and O–H groups in total. The molecule has 2 heterocycles. The van der Waals surface area contributed by atoms with Gasteiger partial charge in [-0.1, -0.05) is 18.2 Å². The van der Waals surface area contributed by atoms with Gasteiger partial charge in [-0.05, 0) is 30.5 Å². The molecule has 0 fully saturated rings. The summed E-state index contributed by atoms with van der Waals surface area (Å²) in [6.07, 6.45) is 1.63. The molecule has 0 saturated carbocycles. The number of hydrogen-bond acceptors (Lipinski definition) is 5. The Kier molecular flexibility index (Phi) is 4.31. The number of benzene rings is 1. The quantitative estimate of drug-likeness (QED) is 0.848. The standard InChI is InChI=1S/C17H21N3O3S/c1-11-5-4-6-12(2)13(11)9-20-8-7-15-14(10-20)16(21)19-17(18-15)24(3,22)23/h4-6H,7-10H2,1-3H3,(H,18,19,21). The van der Waals surface area contributed by atoms with Gasteiger partial charge in [0.25, 0.3) is 5.56 Å². The van der Waals surface area contributed by atoms with Crippen LogP contribution in [0.5, 0.6) is 0 Å². The van der Waals surface area contributed by atoms with Crippen molar-refractivity contribution in [1.29, 1.82) is 0 Å². The molecular formula is C17H21N3O3S. The molecule has 1 aromatic carbocycles. The first-order valence-electron chi connectivity index (χ1n) is 7.85. The van der Waals surface area contributed by atoms with Gasteiger partial charge in [-0.2, -0.15) is 0 Å². The molecule has 0 unspecified atom stereocenters. The summed E-state index contributed by atoms with van der Waals surface area (Å²) in [5, 5.41) is -0.241. The van der Waals surface area contributed by atoms with Crippen LogP contribution in [0.3, 0.4) is 0 Å². The van der Waals surface area contributed by atoms with E-state index in [0.717, 1.165) is 19.3 Å². The first-order valence-corrected chi connectivity index (χ1v) is 9.74. The fourth-order valence-electron chi connectivity index (χ4n) is 3.09. The molecule has 0 saturated heterocycles. The van der Waals surface area contributed by atoms with Crippen LogP contribution in [-0.2, 0) is 29.3 Å². The van der Waals surface area contributed by atoms with Gasteiger partial charge in [0, 0.05) is 32.3 Å². The van der Waals surface area contributed by atoms with Crippen LogP contribution >= 0.6 is 0 Å². The van der Waals surface area contributed by atoms with Crippen LogP contribution in [0.4, 0.5) is 0 Å². The molecule has 128 valence electrons. The normalized spacial score (nSPS) is 15.3. The number of hydrogen-bond donors (Lipinski definition) is 1. The largest absolute Gasteiger partial charge is 0.297 e. The molecule has 6 nitrogen and oxygen atoms in total. The second kappa shape index (κ2) is 6.14. The maximum atomic E-state index is 12.3. The van der Waals surface area contributed by atoms with Crippen molar-refractivity contribution in [2.75, 3.05) is 12.8 Å². The Hall–Kier alpha value is -1.99. The second-order valence-corrected chi connectivity index (χ2v) is 8.33. The fraction of sp³-hybridized carbons (Fsp3) is 0.412. The van der Waals surface area contributed by atoms with Crippen LogP contribution in [0.2, 0.25) is 0 Å². The molecule has 0 atom stereocenters. The summed E-state index contributed by atoms with van der Waals surface area (Å²) in [6.45, 7) is 6.18. The van der Waals surface area contributed by atoms with Gasteiger partial charge in [0.05, 0.1) is 11.3 Å². The lowest BCUT2D eigenvalue weighted by Gasteiger charge is -2.28.